The number of rotatable bonds is 4. The van der Waals surface area contributed by atoms with E-state index in [0.29, 0.717) is 5.65 Å². The molecule has 19 heavy (non-hydrogen) atoms. The molecule has 102 valence electrons. The van der Waals surface area contributed by atoms with Crippen molar-refractivity contribution >= 4 is 11.5 Å². The van der Waals surface area contributed by atoms with Crippen LogP contribution in [0.3, 0.4) is 0 Å². The van der Waals surface area contributed by atoms with Gasteiger partial charge in [0.05, 0.1) is 12.4 Å². The predicted molar refractivity (Wildman–Crippen MR) is 71.0 cm³/mol. The topological polar surface area (TPSA) is 74.5 Å². The van der Waals surface area contributed by atoms with Crippen molar-refractivity contribution in [1.82, 2.24) is 34.8 Å². The Hall–Kier alpha value is -1.80. The Morgan fingerprint density at radius 2 is 2.05 bits per heavy atom. The molecule has 8 nitrogen and oxygen atoms in total. The highest BCUT2D eigenvalue weighted by atomic mass is 15.5. The van der Waals surface area contributed by atoms with Gasteiger partial charge in [-0.2, -0.15) is 4.52 Å². The molecule has 1 saturated heterocycles. The van der Waals surface area contributed by atoms with Gasteiger partial charge in [0.2, 0.25) is 0 Å². The van der Waals surface area contributed by atoms with Gasteiger partial charge in [0, 0.05) is 39.3 Å². The van der Waals surface area contributed by atoms with Crippen molar-refractivity contribution < 1.29 is 0 Å². The van der Waals surface area contributed by atoms with Crippen LogP contribution in [0.5, 0.6) is 0 Å². The molecule has 1 aliphatic heterocycles. The Bertz CT molecular complexity index is 530. The summed E-state index contributed by atoms with van der Waals surface area (Å²) in [4.78, 5) is 8.93. The monoisotopic (exact) mass is 262 g/mol. The molecule has 0 saturated carbocycles. The number of likely N-dealkylation sites (N-methyl/N-ethyl adjacent to an activating group) is 1. The summed E-state index contributed by atoms with van der Waals surface area (Å²) >= 11 is 0. The Labute approximate surface area is 111 Å². The largest absolute Gasteiger partial charge is 0.367 e. The second-order valence-electron chi connectivity index (χ2n) is 4.81. The minimum atomic E-state index is 0.657. The fraction of sp³-hybridized carbons (Fsp3) is 0.636. The van der Waals surface area contributed by atoms with Crippen LogP contribution in [0, 0.1) is 0 Å². The number of hydrogen-bond donors (Lipinski definition) is 1. The van der Waals surface area contributed by atoms with E-state index in [-0.39, 0.29) is 0 Å². The maximum Gasteiger partial charge on any atom is 0.199 e. The van der Waals surface area contributed by atoms with Gasteiger partial charge >= 0.3 is 0 Å². The quantitative estimate of drug-likeness (QED) is 0.771. The number of fused-ring (bicyclic) bond motifs is 1. The van der Waals surface area contributed by atoms with Gasteiger partial charge in [-0.05, 0) is 17.5 Å². The predicted octanol–water partition coefficient (Wildman–Crippen LogP) is -0.821. The minimum Gasteiger partial charge on any atom is -0.367 e. The molecule has 0 radical (unpaired) electrons. The third-order valence-electron chi connectivity index (χ3n) is 3.44. The molecule has 2 aromatic heterocycles. The summed E-state index contributed by atoms with van der Waals surface area (Å²) < 4.78 is 1.66. The van der Waals surface area contributed by atoms with Gasteiger partial charge in [0.1, 0.15) is 5.82 Å². The summed E-state index contributed by atoms with van der Waals surface area (Å²) in [5, 5.41) is 14.8. The van der Waals surface area contributed by atoms with Gasteiger partial charge in [0.25, 0.3) is 0 Å². The van der Waals surface area contributed by atoms with E-state index in [0.717, 1.165) is 45.1 Å². The average Bonchev–Trinajstić information content (AvgIpc) is 2.90. The molecule has 0 atom stereocenters. The van der Waals surface area contributed by atoms with E-state index >= 15 is 0 Å². The fourth-order valence-corrected chi connectivity index (χ4v) is 2.21. The molecule has 0 amide bonds. The maximum absolute atomic E-state index is 4.11. The van der Waals surface area contributed by atoms with Crippen molar-refractivity contribution in [2.75, 3.05) is 51.6 Å². The van der Waals surface area contributed by atoms with Crippen LogP contribution < -0.4 is 5.32 Å². The third kappa shape index (κ3) is 2.79. The van der Waals surface area contributed by atoms with Crippen LogP contribution in [-0.4, -0.2) is 81.1 Å². The first-order chi connectivity index (χ1) is 9.33. The van der Waals surface area contributed by atoms with Gasteiger partial charge in [-0.15, -0.1) is 5.10 Å². The molecule has 3 heterocycles. The first kappa shape index (κ1) is 12.2. The summed E-state index contributed by atoms with van der Waals surface area (Å²) in [6.07, 6.45) is 3.39. The lowest BCUT2D eigenvalue weighted by Crippen LogP contribution is -2.45. The van der Waals surface area contributed by atoms with Crippen molar-refractivity contribution in [2.45, 2.75) is 0 Å². The molecular formula is C11H18N8. The van der Waals surface area contributed by atoms with Gasteiger partial charge in [-0.25, -0.2) is 0 Å². The molecule has 0 aromatic carbocycles. The van der Waals surface area contributed by atoms with Crippen LogP contribution in [-0.2, 0) is 0 Å². The van der Waals surface area contributed by atoms with Gasteiger partial charge in [-0.1, -0.05) is 0 Å². The van der Waals surface area contributed by atoms with E-state index in [9.17, 15) is 0 Å². The van der Waals surface area contributed by atoms with Crippen LogP contribution in [0.25, 0.3) is 5.65 Å². The van der Waals surface area contributed by atoms with Gasteiger partial charge < -0.3 is 10.2 Å². The highest BCUT2D eigenvalue weighted by Gasteiger charge is 2.13. The zero-order chi connectivity index (χ0) is 13.1. The molecule has 1 fully saturated rings. The average molecular weight is 262 g/mol. The lowest BCUT2D eigenvalue weighted by Gasteiger charge is -2.32. The Morgan fingerprint density at radius 3 is 2.89 bits per heavy atom. The molecule has 3 rings (SSSR count). The van der Waals surface area contributed by atoms with Crippen molar-refractivity contribution in [3.05, 3.63) is 12.4 Å². The lowest BCUT2D eigenvalue weighted by molar-refractivity contribution is 0.158. The van der Waals surface area contributed by atoms with E-state index in [1.54, 1.807) is 16.9 Å². The molecule has 0 bridgehead atoms. The number of tetrazole rings is 1. The molecule has 0 unspecified atom stereocenters. The van der Waals surface area contributed by atoms with E-state index in [1.165, 1.54) is 0 Å². The van der Waals surface area contributed by atoms with E-state index in [2.05, 4.69) is 42.7 Å². The summed E-state index contributed by atoms with van der Waals surface area (Å²) in [5.41, 5.74) is 0.657. The SMILES string of the molecule is CN1CCN(CCNc2cncc3nnnn23)CC1. The zero-order valence-corrected chi connectivity index (χ0v) is 11.0. The summed E-state index contributed by atoms with van der Waals surface area (Å²) in [7, 11) is 2.17. The Morgan fingerprint density at radius 1 is 1.21 bits per heavy atom. The van der Waals surface area contributed by atoms with Crippen molar-refractivity contribution in [3.8, 4) is 0 Å². The number of anilines is 1. The third-order valence-corrected chi connectivity index (χ3v) is 3.44. The molecule has 0 spiro atoms. The Balaban J connectivity index is 1.53. The van der Waals surface area contributed by atoms with Gasteiger partial charge in [-0.3, -0.25) is 9.88 Å². The molecule has 2 aromatic rings. The smallest absolute Gasteiger partial charge is 0.199 e. The number of aromatic nitrogens is 5. The summed E-state index contributed by atoms with van der Waals surface area (Å²) in [6.45, 7) is 6.43. The van der Waals surface area contributed by atoms with Crippen LogP contribution in [0.4, 0.5) is 5.82 Å². The normalized spacial score (nSPS) is 17.9. The number of nitrogens with one attached hydrogen (secondary N) is 1. The van der Waals surface area contributed by atoms with E-state index < -0.39 is 0 Å². The second kappa shape index (κ2) is 5.45. The Kier molecular flexibility index (Phi) is 3.51. The van der Waals surface area contributed by atoms with Crippen molar-refractivity contribution in [2.24, 2.45) is 0 Å². The first-order valence-electron chi connectivity index (χ1n) is 6.50. The minimum absolute atomic E-state index is 0.657. The first-order valence-corrected chi connectivity index (χ1v) is 6.50. The number of nitrogens with zero attached hydrogens (tertiary/aromatic N) is 7. The molecule has 1 N–H and O–H groups in total. The summed E-state index contributed by atoms with van der Waals surface area (Å²) in [5.74, 6) is 0.830. The van der Waals surface area contributed by atoms with E-state index in [1.807, 2.05) is 0 Å². The molecule has 0 aliphatic carbocycles. The van der Waals surface area contributed by atoms with Crippen molar-refractivity contribution in [1.29, 1.82) is 0 Å². The highest BCUT2D eigenvalue weighted by Crippen LogP contribution is 2.05. The number of piperazine rings is 1. The summed E-state index contributed by atoms with van der Waals surface area (Å²) in [6, 6.07) is 0. The maximum atomic E-state index is 4.11. The van der Waals surface area contributed by atoms with Crippen molar-refractivity contribution in [3.63, 3.8) is 0 Å². The highest BCUT2D eigenvalue weighted by molar-refractivity contribution is 5.43. The van der Waals surface area contributed by atoms with Crippen LogP contribution >= 0.6 is 0 Å². The van der Waals surface area contributed by atoms with Crippen LogP contribution in [0.15, 0.2) is 12.4 Å². The molecular weight excluding hydrogens is 244 g/mol. The molecule has 1 aliphatic rings. The lowest BCUT2D eigenvalue weighted by atomic mass is 10.3. The fourth-order valence-electron chi connectivity index (χ4n) is 2.21. The second-order valence-corrected chi connectivity index (χ2v) is 4.81. The molecule has 8 heteroatoms. The van der Waals surface area contributed by atoms with E-state index in [4.69, 9.17) is 0 Å². The zero-order valence-electron chi connectivity index (χ0n) is 11.0. The van der Waals surface area contributed by atoms with Gasteiger partial charge in [0.15, 0.2) is 5.65 Å². The number of hydrogen-bond acceptors (Lipinski definition) is 7. The van der Waals surface area contributed by atoms with Crippen LogP contribution in [0.1, 0.15) is 0 Å². The van der Waals surface area contributed by atoms with Crippen LogP contribution in [0.2, 0.25) is 0 Å². The standard InChI is InChI=1S/C11H18N8/c1-17-4-6-18(7-5-17)3-2-13-10-8-12-9-11-14-15-16-19(10)11/h8-9,13H,2-7H2,1H3.